The van der Waals surface area contributed by atoms with Gasteiger partial charge in [0, 0.05) is 0 Å². The summed E-state index contributed by atoms with van der Waals surface area (Å²) in [6.07, 6.45) is 6.47. The van der Waals surface area contributed by atoms with Crippen LogP contribution in [-0.2, 0) is 4.74 Å². The summed E-state index contributed by atoms with van der Waals surface area (Å²) in [5.74, 6) is 1.48. The Bertz CT molecular complexity index is 209. The summed E-state index contributed by atoms with van der Waals surface area (Å²) < 4.78 is 5.64. The van der Waals surface area contributed by atoms with Gasteiger partial charge in [0.15, 0.2) is 0 Å². The van der Waals surface area contributed by atoms with Crippen molar-refractivity contribution in [1.82, 2.24) is 0 Å². The summed E-state index contributed by atoms with van der Waals surface area (Å²) >= 11 is 0. The van der Waals surface area contributed by atoms with Crippen LogP contribution in [0.3, 0.4) is 0 Å². The molecule has 1 fully saturated rings. The van der Waals surface area contributed by atoms with Gasteiger partial charge in [0.05, 0.1) is 12.2 Å². The van der Waals surface area contributed by atoms with Crippen LogP contribution in [0, 0.1) is 17.3 Å². The number of unbranched alkanes of at least 4 members (excludes halogenated alkanes) is 2. The van der Waals surface area contributed by atoms with E-state index in [9.17, 15) is 0 Å². The third-order valence-corrected chi connectivity index (χ3v) is 4.94. The Hall–Kier alpha value is -0.0400. The van der Waals surface area contributed by atoms with Crippen molar-refractivity contribution in [1.29, 1.82) is 0 Å². The van der Waals surface area contributed by atoms with Crippen LogP contribution in [0.4, 0.5) is 0 Å². The SMILES string of the molecule is CCCCCC(C)C(C)(C)C(C)C1OC1C. The summed E-state index contributed by atoms with van der Waals surface area (Å²) in [4.78, 5) is 0. The molecule has 0 aromatic carbocycles. The summed E-state index contributed by atoms with van der Waals surface area (Å²) in [6, 6.07) is 0. The van der Waals surface area contributed by atoms with Crippen molar-refractivity contribution in [3.8, 4) is 0 Å². The maximum atomic E-state index is 5.64. The molecule has 0 spiro atoms. The predicted molar refractivity (Wildman–Crippen MR) is 70.6 cm³/mol. The van der Waals surface area contributed by atoms with E-state index in [-0.39, 0.29) is 0 Å². The van der Waals surface area contributed by atoms with Crippen LogP contribution in [0.25, 0.3) is 0 Å². The molecule has 4 atom stereocenters. The Morgan fingerprint density at radius 3 is 2.19 bits per heavy atom. The molecule has 1 aliphatic heterocycles. The van der Waals surface area contributed by atoms with E-state index < -0.39 is 0 Å². The van der Waals surface area contributed by atoms with Crippen molar-refractivity contribution in [2.24, 2.45) is 17.3 Å². The van der Waals surface area contributed by atoms with Crippen LogP contribution in [0.5, 0.6) is 0 Å². The normalized spacial score (nSPS) is 28.9. The van der Waals surface area contributed by atoms with Crippen LogP contribution in [0.15, 0.2) is 0 Å². The smallest absolute Gasteiger partial charge is 0.0869 e. The molecule has 1 nitrogen and oxygen atoms in total. The topological polar surface area (TPSA) is 12.5 Å². The van der Waals surface area contributed by atoms with Crippen LogP contribution < -0.4 is 0 Å². The Balaban J connectivity index is 2.41. The zero-order valence-electron chi connectivity index (χ0n) is 12.0. The van der Waals surface area contributed by atoms with E-state index in [0.717, 1.165) is 5.92 Å². The standard InChI is InChI=1S/C15H30O/c1-7-8-9-10-11(2)15(5,6)12(3)14-13(4)16-14/h11-14H,7-10H2,1-6H3. The lowest BCUT2D eigenvalue weighted by atomic mass is 9.67. The molecule has 0 N–H and O–H groups in total. The van der Waals surface area contributed by atoms with Gasteiger partial charge in [-0.1, -0.05) is 60.3 Å². The molecule has 1 heterocycles. The molecule has 0 aromatic rings. The Labute approximate surface area is 102 Å². The Morgan fingerprint density at radius 1 is 1.19 bits per heavy atom. The minimum atomic E-state index is 0.406. The summed E-state index contributed by atoms with van der Waals surface area (Å²) in [6.45, 7) is 14.1. The minimum absolute atomic E-state index is 0.406. The van der Waals surface area contributed by atoms with Crippen molar-refractivity contribution in [2.75, 3.05) is 0 Å². The minimum Gasteiger partial charge on any atom is -0.370 e. The quantitative estimate of drug-likeness (QED) is 0.454. The molecule has 0 aliphatic carbocycles. The van der Waals surface area contributed by atoms with Gasteiger partial charge in [0.2, 0.25) is 0 Å². The first-order valence-corrected chi connectivity index (χ1v) is 7.06. The van der Waals surface area contributed by atoms with E-state index >= 15 is 0 Å². The maximum absolute atomic E-state index is 5.64. The van der Waals surface area contributed by atoms with Gasteiger partial charge in [0.1, 0.15) is 0 Å². The van der Waals surface area contributed by atoms with Crippen LogP contribution in [0.2, 0.25) is 0 Å². The lowest BCUT2D eigenvalue weighted by Crippen LogP contribution is -2.33. The van der Waals surface area contributed by atoms with E-state index in [0.29, 0.717) is 23.5 Å². The highest BCUT2D eigenvalue weighted by Gasteiger charge is 2.46. The first-order valence-electron chi connectivity index (χ1n) is 7.06. The molecule has 0 radical (unpaired) electrons. The zero-order chi connectivity index (χ0) is 12.3. The van der Waals surface area contributed by atoms with Gasteiger partial charge in [-0.05, 0) is 24.2 Å². The Morgan fingerprint density at radius 2 is 1.75 bits per heavy atom. The highest BCUT2D eigenvalue weighted by molar-refractivity contribution is 4.94. The second-order valence-corrected chi connectivity index (χ2v) is 6.31. The summed E-state index contributed by atoms with van der Waals surface area (Å²) in [7, 11) is 0. The number of hydrogen-bond donors (Lipinski definition) is 0. The van der Waals surface area contributed by atoms with Gasteiger partial charge < -0.3 is 4.74 Å². The predicted octanol–water partition coefficient (Wildman–Crippen LogP) is 4.65. The summed E-state index contributed by atoms with van der Waals surface area (Å²) in [5, 5.41) is 0. The Kier molecular flexibility index (Phi) is 4.85. The molecule has 4 unspecified atom stereocenters. The molecule has 96 valence electrons. The fourth-order valence-electron chi connectivity index (χ4n) is 2.67. The largest absolute Gasteiger partial charge is 0.370 e. The molecule has 1 rings (SSSR count). The van der Waals surface area contributed by atoms with Crippen molar-refractivity contribution in [3.63, 3.8) is 0 Å². The number of hydrogen-bond acceptors (Lipinski definition) is 1. The third kappa shape index (κ3) is 3.23. The van der Waals surface area contributed by atoms with Gasteiger partial charge >= 0.3 is 0 Å². The average Bonchev–Trinajstić information content (AvgIpc) is 2.94. The molecule has 1 aliphatic rings. The second kappa shape index (κ2) is 5.53. The molecular formula is C15H30O. The first-order chi connectivity index (χ1) is 7.41. The molecule has 0 aromatic heterocycles. The van der Waals surface area contributed by atoms with Crippen molar-refractivity contribution in [2.45, 2.75) is 79.4 Å². The molecule has 1 heteroatoms. The van der Waals surface area contributed by atoms with Gasteiger partial charge in [0.25, 0.3) is 0 Å². The highest BCUT2D eigenvalue weighted by Crippen LogP contribution is 2.45. The van der Waals surface area contributed by atoms with Crippen molar-refractivity contribution in [3.05, 3.63) is 0 Å². The van der Waals surface area contributed by atoms with E-state index in [1.54, 1.807) is 0 Å². The van der Waals surface area contributed by atoms with E-state index in [1.807, 2.05) is 0 Å². The average molecular weight is 226 g/mol. The number of ether oxygens (including phenoxy) is 1. The maximum Gasteiger partial charge on any atom is 0.0869 e. The van der Waals surface area contributed by atoms with Gasteiger partial charge in [-0.25, -0.2) is 0 Å². The molecular weight excluding hydrogens is 196 g/mol. The number of rotatable bonds is 7. The van der Waals surface area contributed by atoms with Crippen LogP contribution in [0.1, 0.15) is 67.2 Å². The molecule has 0 saturated carbocycles. The van der Waals surface area contributed by atoms with Crippen molar-refractivity contribution < 1.29 is 4.74 Å². The second-order valence-electron chi connectivity index (χ2n) is 6.31. The molecule has 1 saturated heterocycles. The fraction of sp³-hybridized carbons (Fsp3) is 1.00. The van der Waals surface area contributed by atoms with Crippen LogP contribution in [-0.4, -0.2) is 12.2 Å². The zero-order valence-corrected chi connectivity index (χ0v) is 12.0. The van der Waals surface area contributed by atoms with Gasteiger partial charge in [-0.2, -0.15) is 0 Å². The lowest BCUT2D eigenvalue weighted by molar-refractivity contribution is 0.103. The lowest BCUT2D eigenvalue weighted by Gasteiger charge is -2.37. The third-order valence-electron chi connectivity index (χ3n) is 4.94. The monoisotopic (exact) mass is 226 g/mol. The molecule has 0 amide bonds. The summed E-state index contributed by atoms with van der Waals surface area (Å²) in [5.41, 5.74) is 0.406. The first kappa shape index (κ1) is 14.0. The highest BCUT2D eigenvalue weighted by atomic mass is 16.6. The fourth-order valence-corrected chi connectivity index (χ4v) is 2.67. The van der Waals surface area contributed by atoms with E-state index in [4.69, 9.17) is 4.74 Å². The van der Waals surface area contributed by atoms with Gasteiger partial charge in [-0.3, -0.25) is 0 Å². The van der Waals surface area contributed by atoms with Crippen LogP contribution >= 0.6 is 0 Å². The molecule has 16 heavy (non-hydrogen) atoms. The van der Waals surface area contributed by atoms with Crippen molar-refractivity contribution >= 4 is 0 Å². The van der Waals surface area contributed by atoms with Gasteiger partial charge in [-0.15, -0.1) is 0 Å². The van der Waals surface area contributed by atoms with E-state index in [2.05, 4.69) is 41.5 Å². The number of epoxide rings is 1. The molecule has 0 bridgehead atoms. The van der Waals surface area contributed by atoms with E-state index in [1.165, 1.54) is 25.7 Å².